The highest BCUT2D eigenvalue weighted by atomic mass is 15.1. The van der Waals surface area contributed by atoms with E-state index in [2.05, 4.69) is 23.0 Å². The average Bonchev–Trinajstić information content (AvgIpc) is 2.33. The fourth-order valence-corrected chi connectivity index (χ4v) is 1.79. The van der Waals surface area contributed by atoms with Crippen molar-refractivity contribution < 1.29 is 0 Å². The molecule has 0 radical (unpaired) electrons. The smallest absolute Gasteiger partial charge is 0.0543 e. The fraction of sp³-hybridized carbons (Fsp3) is 0.214. The first-order valence-corrected chi connectivity index (χ1v) is 5.67. The van der Waals surface area contributed by atoms with E-state index in [1.807, 2.05) is 42.6 Å². The Labute approximate surface area is 102 Å². The molecule has 0 bridgehead atoms. The van der Waals surface area contributed by atoms with Gasteiger partial charge in [-0.15, -0.1) is 0 Å². The van der Waals surface area contributed by atoms with Gasteiger partial charge < -0.3 is 5.73 Å². The van der Waals surface area contributed by atoms with Crippen molar-refractivity contribution in [1.29, 1.82) is 0 Å². The van der Waals surface area contributed by atoms with E-state index in [9.17, 15) is 0 Å². The number of aromatic nitrogens is 1. The second-order valence-corrected chi connectivity index (χ2v) is 4.19. The predicted octanol–water partition coefficient (Wildman–Crippen LogP) is 2.30. The maximum atomic E-state index is 5.92. The topological polar surface area (TPSA) is 42.2 Å². The molecular weight excluding hydrogens is 210 g/mol. The largest absolute Gasteiger partial charge is 0.398 e. The van der Waals surface area contributed by atoms with Crippen LogP contribution in [0.2, 0.25) is 0 Å². The second kappa shape index (κ2) is 5.46. The number of nitrogens with two attached hydrogens (primary N) is 1. The van der Waals surface area contributed by atoms with Crippen molar-refractivity contribution in [2.24, 2.45) is 0 Å². The highest BCUT2D eigenvalue weighted by molar-refractivity contribution is 5.46. The molecule has 0 aliphatic heterocycles. The SMILES string of the molecule is CN(Cc1ccccn1)Cc1ccccc1N. The molecule has 3 heteroatoms. The van der Waals surface area contributed by atoms with Gasteiger partial charge in [-0.1, -0.05) is 24.3 Å². The van der Waals surface area contributed by atoms with E-state index in [4.69, 9.17) is 5.73 Å². The number of nitrogens with zero attached hydrogens (tertiary/aromatic N) is 2. The number of anilines is 1. The van der Waals surface area contributed by atoms with Crippen LogP contribution in [0.3, 0.4) is 0 Å². The molecule has 2 aromatic rings. The first kappa shape index (κ1) is 11.6. The summed E-state index contributed by atoms with van der Waals surface area (Å²) in [5.74, 6) is 0. The van der Waals surface area contributed by atoms with Gasteiger partial charge in [0.15, 0.2) is 0 Å². The first-order chi connectivity index (χ1) is 8.25. The fourth-order valence-electron chi connectivity index (χ4n) is 1.79. The van der Waals surface area contributed by atoms with Crippen molar-refractivity contribution in [2.75, 3.05) is 12.8 Å². The third-order valence-corrected chi connectivity index (χ3v) is 2.65. The minimum atomic E-state index is 0.829. The van der Waals surface area contributed by atoms with Crippen molar-refractivity contribution in [3.8, 4) is 0 Å². The molecule has 0 unspecified atom stereocenters. The van der Waals surface area contributed by atoms with E-state index >= 15 is 0 Å². The highest BCUT2D eigenvalue weighted by Gasteiger charge is 2.04. The summed E-state index contributed by atoms with van der Waals surface area (Å²) in [5.41, 5.74) is 9.00. The van der Waals surface area contributed by atoms with Gasteiger partial charge in [-0.2, -0.15) is 0 Å². The minimum absolute atomic E-state index is 0.829. The molecule has 2 rings (SSSR count). The van der Waals surface area contributed by atoms with Crippen molar-refractivity contribution in [3.05, 3.63) is 59.9 Å². The molecule has 0 saturated heterocycles. The molecule has 88 valence electrons. The third-order valence-electron chi connectivity index (χ3n) is 2.65. The second-order valence-electron chi connectivity index (χ2n) is 4.19. The summed E-state index contributed by atoms with van der Waals surface area (Å²) in [6, 6.07) is 13.9. The summed E-state index contributed by atoms with van der Waals surface area (Å²) in [7, 11) is 2.07. The molecule has 2 N–H and O–H groups in total. The number of nitrogen functional groups attached to an aromatic ring is 1. The summed E-state index contributed by atoms with van der Waals surface area (Å²) in [6.07, 6.45) is 1.82. The Kier molecular flexibility index (Phi) is 3.73. The van der Waals surface area contributed by atoms with Crippen LogP contribution in [0, 0.1) is 0 Å². The van der Waals surface area contributed by atoms with E-state index < -0.39 is 0 Å². The maximum absolute atomic E-state index is 5.92. The zero-order valence-electron chi connectivity index (χ0n) is 10.0. The van der Waals surface area contributed by atoms with Gasteiger partial charge in [0.1, 0.15) is 0 Å². The summed E-state index contributed by atoms with van der Waals surface area (Å²) in [4.78, 5) is 6.51. The quantitative estimate of drug-likeness (QED) is 0.815. The van der Waals surface area contributed by atoms with Gasteiger partial charge in [-0.05, 0) is 30.8 Å². The molecule has 3 nitrogen and oxygen atoms in total. The lowest BCUT2D eigenvalue weighted by atomic mass is 10.1. The molecule has 1 aromatic carbocycles. The van der Waals surface area contributed by atoms with E-state index in [0.29, 0.717) is 0 Å². The van der Waals surface area contributed by atoms with Gasteiger partial charge in [0, 0.05) is 25.0 Å². The number of hydrogen-bond acceptors (Lipinski definition) is 3. The zero-order chi connectivity index (χ0) is 12.1. The van der Waals surface area contributed by atoms with E-state index in [1.54, 1.807) is 0 Å². The maximum Gasteiger partial charge on any atom is 0.0543 e. The molecule has 1 heterocycles. The van der Waals surface area contributed by atoms with Gasteiger partial charge >= 0.3 is 0 Å². The predicted molar refractivity (Wildman–Crippen MR) is 70.3 cm³/mol. The molecule has 0 amide bonds. The van der Waals surface area contributed by atoms with Crippen molar-refractivity contribution in [1.82, 2.24) is 9.88 Å². The van der Waals surface area contributed by atoms with E-state index in [0.717, 1.165) is 30.0 Å². The van der Waals surface area contributed by atoms with E-state index in [1.165, 1.54) is 0 Å². The third kappa shape index (κ3) is 3.29. The van der Waals surface area contributed by atoms with Gasteiger partial charge in [0.25, 0.3) is 0 Å². The Balaban J connectivity index is 1.98. The summed E-state index contributed by atoms with van der Waals surface area (Å²) in [5, 5.41) is 0. The van der Waals surface area contributed by atoms with Gasteiger partial charge in [-0.25, -0.2) is 0 Å². The standard InChI is InChI=1S/C14H17N3/c1-17(11-13-7-4-5-9-16-13)10-12-6-2-3-8-14(12)15/h2-9H,10-11,15H2,1H3. The van der Waals surface area contributed by atoms with Crippen LogP contribution in [0.15, 0.2) is 48.7 Å². The van der Waals surface area contributed by atoms with Crippen LogP contribution in [0.5, 0.6) is 0 Å². The summed E-state index contributed by atoms with van der Waals surface area (Å²) in [6.45, 7) is 1.67. The molecule has 0 saturated carbocycles. The Morgan fingerprint density at radius 3 is 2.53 bits per heavy atom. The van der Waals surface area contributed by atoms with Crippen LogP contribution in [0.4, 0.5) is 5.69 Å². The summed E-state index contributed by atoms with van der Waals surface area (Å²) < 4.78 is 0. The Bertz CT molecular complexity index is 468. The molecule has 0 atom stereocenters. The van der Waals surface area contributed by atoms with Crippen LogP contribution in [0.1, 0.15) is 11.3 Å². The first-order valence-electron chi connectivity index (χ1n) is 5.67. The number of para-hydroxylation sites is 1. The summed E-state index contributed by atoms with van der Waals surface area (Å²) >= 11 is 0. The lowest BCUT2D eigenvalue weighted by Crippen LogP contribution is -2.18. The highest BCUT2D eigenvalue weighted by Crippen LogP contribution is 2.13. The van der Waals surface area contributed by atoms with Crippen LogP contribution >= 0.6 is 0 Å². The number of pyridine rings is 1. The Morgan fingerprint density at radius 2 is 1.82 bits per heavy atom. The molecule has 0 aliphatic carbocycles. The normalized spacial score (nSPS) is 10.7. The Hall–Kier alpha value is -1.87. The number of rotatable bonds is 4. The lowest BCUT2D eigenvalue weighted by molar-refractivity contribution is 0.315. The molecule has 0 aliphatic rings. The van der Waals surface area contributed by atoms with Gasteiger partial charge in [0.05, 0.1) is 5.69 Å². The molecule has 0 spiro atoms. The van der Waals surface area contributed by atoms with Crippen molar-refractivity contribution in [3.63, 3.8) is 0 Å². The van der Waals surface area contributed by atoms with Crippen LogP contribution in [0.25, 0.3) is 0 Å². The average molecular weight is 227 g/mol. The molecule has 0 fully saturated rings. The molecule has 1 aromatic heterocycles. The number of hydrogen-bond donors (Lipinski definition) is 1. The minimum Gasteiger partial charge on any atom is -0.398 e. The van der Waals surface area contributed by atoms with Gasteiger partial charge in [0.2, 0.25) is 0 Å². The molecular formula is C14H17N3. The van der Waals surface area contributed by atoms with Crippen molar-refractivity contribution >= 4 is 5.69 Å². The lowest BCUT2D eigenvalue weighted by Gasteiger charge is -2.17. The van der Waals surface area contributed by atoms with Gasteiger partial charge in [-0.3, -0.25) is 9.88 Å². The monoisotopic (exact) mass is 227 g/mol. The van der Waals surface area contributed by atoms with E-state index in [-0.39, 0.29) is 0 Å². The van der Waals surface area contributed by atoms with Crippen LogP contribution in [-0.4, -0.2) is 16.9 Å². The van der Waals surface area contributed by atoms with Crippen LogP contribution in [-0.2, 0) is 13.1 Å². The van der Waals surface area contributed by atoms with Crippen LogP contribution < -0.4 is 5.73 Å². The van der Waals surface area contributed by atoms with Crippen molar-refractivity contribution in [2.45, 2.75) is 13.1 Å². The molecule has 17 heavy (non-hydrogen) atoms. The Morgan fingerprint density at radius 1 is 1.06 bits per heavy atom. The zero-order valence-corrected chi connectivity index (χ0v) is 10.0. The number of benzene rings is 1.